The quantitative estimate of drug-likeness (QED) is 0.358. The van der Waals surface area contributed by atoms with Gasteiger partial charge in [0.15, 0.2) is 0 Å². The van der Waals surface area contributed by atoms with Gasteiger partial charge >= 0.3 is 12.1 Å². The van der Waals surface area contributed by atoms with E-state index < -0.39 is 12.1 Å². The lowest BCUT2D eigenvalue weighted by atomic mass is 10.0. The SMILES string of the molecule is CNC(=O)CCCc1ccccc1C.N#Cc1ccccc1-c1ccc(OC(=O)C(F)(F)F)cc1. The highest BCUT2D eigenvalue weighted by atomic mass is 19.4. The standard InChI is InChI=1S/C15H8F3NO2.C12H17NO/c16-15(17,18)14(20)21-12-7-5-10(6-8-12)13-4-2-1-3-11(13)9-19;1-10-6-3-4-7-11(10)8-5-9-12(14)13-2/h1-8H;3-4,6-7H,5,8-9H2,1-2H3,(H,13,14). The number of aryl methyl sites for hydroxylation is 2. The number of hydrogen-bond acceptors (Lipinski definition) is 4. The van der Waals surface area contributed by atoms with Gasteiger partial charge in [-0.1, -0.05) is 54.6 Å². The second-order valence-electron chi connectivity index (χ2n) is 7.52. The number of halogens is 3. The smallest absolute Gasteiger partial charge is 0.420 e. The molecule has 0 aliphatic heterocycles. The topological polar surface area (TPSA) is 79.2 Å². The third-order valence-corrected chi connectivity index (χ3v) is 5.04. The van der Waals surface area contributed by atoms with Gasteiger partial charge in [0, 0.05) is 13.5 Å². The van der Waals surface area contributed by atoms with Gasteiger partial charge < -0.3 is 10.1 Å². The summed E-state index contributed by atoms with van der Waals surface area (Å²) in [5.74, 6) is -2.36. The van der Waals surface area contributed by atoms with E-state index in [9.17, 15) is 22.8 Å². The van der Waals surface area contributed by atoms with E-state index in [1.165, 1.54) is 35.4 Å². The second kappa shape index (κ2) is 12.9. The Labute approximate surface area is 202 Å². The van der Waals surface area contributed by atoms with E-state index in [0.29, 0.717) is 23.1 Å². The van der Waals surface area contributed by atoms with Crippen molar-refractivity contribution in [3.05, 3.63) is 89.5 Å². The number of nitrogens with zero attached hydrogens (tertiary/aromatic N) is 1. The van der Waals surface area contributed by atoms with Crippen LogP contribution in [0.2, 0.25) is 0 Å². The maximum absolute atomic E-state index is 12.1. The average Bonchev–Trinajstić information content (AvgIpc) is 2.85. The molecule has 1 N–H and O–H groups in total. The van der Waals surface area contributed by atoms with Crippen LogP contribution in [0.3, 0.4) is 0 Å². The van der Waals surface area contributed by atoms with Crippen molar-refractivity contribution < 1.29 is 27.5 Å². The summed E-state index contributed by atoms with van der Waals surface area (Å²) in [6, 6.07) is 22.6. The summed E-state index contributed by atoms with van der Waals surface area (Å²) in [6.07, 6.45) is -2.51. The van der Waals surface area contributed by atoms with Crippen LogP contribution in [-0.4, -0.2) is 25.1 Å². The van der Waals surface area contributed by atoms with Crippen LogP contribution in [0.15, 0.2) is 72.8 Å². The zero-order valence-electron chi connectivity index (χ0n) is 19.4. The Kier molecular flexibility index (Phi) is 10.0. The Morgan fingerprint density at radius 3 is 2.20 bits per heavy atom. The minimum absolute atomic E-state index is 0.124. The van der Waals surface area contributed by atoms with Gasteiger partial charge in [-0.2, -0.15) is 18.4 Å². The number of amides is 1. The first-order valence-electron chi connectivity index (χ1n) is 10.8. The van der Waals surface area contributed by atoms with E-state index >= 15 is 0 Å². The van der Waals surface area contributed by atoms with Crippen molar-refractivity contribution >= 4 is 11.9 Å². The molecule has 0 atom stereocenters. The number of nitriles is 1. The summed E-state index contributed by atoms with van der Waals surface area (Å²) >= 11 is 0. The molecule has 182 valence electrons. The van der Waals surface area contributed by atoms with Crippen LogP contribution in [0.5, 0.6) is 5.75 Å². The summed E-state index contributed by atoms with van der Waals surface area (Å²) < 4.78 is 40.4. The fourth-order valence-electron chi connectivity index (χ4n) is 3.15. The number of alkyl halides is 3. The maximum Gasteiger partial charge on any atom is 0.491 e. The first-order valence-corrected chi connectivity index (χ1v) is 10.8. The zero-order valence-corrected chi connectivity index (χ0v) is 19.4. The monoisotopic (exact) mass is 482 g/mol. The van der Waals surface area contributed by atoms with Gasteiger partial charge in [-0.05, 0) is 60.2 Å². The van der Waals surface area contributed by atoms with Crippen LogP contribution in [-0.2, 0) is 16.0 Å². The van der Waals surface area contributed by atoms with Gasteiger partial charge in [0.25, 0.3) is 0 Å². The lowest BCUT2D eigenvalue weighted by Gasteiger charge is -2.08. The highest BCUT2D eigenvalue weighted by Gasteiger charge is 2.41. The molecule has 0 radical (unpaired) electrons. The average molecular weight is 483 g/mol. The first kappa shape index (κ1) is 27.1. The molecule has 5 nitrogen and oxygen atoms in total. The minimum atomic E-state index is -5.04. The predicted molar refractivity (Wildman–Crippen MR) is 126 cm³/mol. The van der Waals surface area contributed by atoms with Crippen LogP contribution >= 0.6 is 0 Å². The van der Waals surface area contributed by atoms with Crippen molar-refractivity contribution in [1.29, 1.82) is 5.26 Å². The molecule has 35 heavy (non-hydrogen) atoms. The Hall–Kier alpha value is -4.12. The molecule has 0 fully saturated rings. The van der Waals surface area contributed by atoms with Gasteiger partial charge in [0.1, 0.15) is 5.75 Å². The Balaban J connectivity index is 0.000000269. The van der Waals surface area contributed by atoms with E-state index in [1.807, 2.05) is 18.2 Å². The van der Waals surface area contributed by atoms with Crippen molar-refractivity contribution in [2.24, 2.45) is 0 Å². The summed E-state index contributed by atoms with van der Waals surface area (Å²) in [4.78, 5) is 21.7. The van der Waals surface area contributed by atoms with Crippen LogP contribution in [0, 0.1) is 18.3 Å². The summed E-state index contributed by atoms with van der Waals surface area (Å²) in [6.45, 7) is 2.11. The predicted octanol–water partition coefficient (Wildman–Crippen LogP) is 5.76. The number of hydrogen-bond donors (Lipinski definition) is 1. The molecule has 0 aliphatic carbocycles. The van der Waals surface area contributed by atoms with Gasteiger partial charge in [-0.15, -0.1) is 0 Å². The van der Waals surface area contributed by atoms with Crippen LogP contribution in [0.4, 0.5) is 13.2 Å². The lowest BCUT2D eigenvalue weighted by molar-refractivity contribution is -0.189. The molecule has 3 aromatic rings. The number of ether oxygens (including phenoxy) is 1. The molecule has 3 rings (SSSR count). The highest BCUT2D eigenvalue weighted by molar-refractivity contribution is 5.78. The molecular formula is C27H25F3N2O3. The summed E-state index contributed by atoms with van der Waals surface area (Å²) in [7, 11) is 1.68. The van der Waals surface area contributed by atoms with Gasteiger partial charge in [-0.25, -0.2) is 4.79 Å². The van der Waals surface area contributed by atoms with Crippen molar-refractivity contribution in [3.63, 3.8) is 0 Å². The summed E-state index contributed by atoms with van der Waals surface area (Å²) in [5, 5.41) is 11.6. The zero-order chi connectivity index (χ0) is 25.8. The Morgan fingerprint density at radius 2 is 1.60 bits per heavy atom. The number of nitrogens with one attached hydrogen (secondary N) is 1. The molecule has 0 unspecified atom stereocenters. The number of esters is 1. The largest absolute Gasteiger partial charge is 0.491 e. The van der Waals surface area contributed by atoms with Crippen LogP contribution < -0.4 is 10.1 Å². The minimum Gasteiger partial charge on any atom is -0.420 e. The summed E-state index contributed by atoms with van der Waals surface area (Å²) in [5.41, 5.74) is 4.38. The second-order valence-corrected chi connectivity index (χ2v) is 7.52. The van der Waals surface area contributed by atoms with Crippen molar-refractivity contribution in [2.75, 3.05) is 7.05 Å². The highest BCUT2D eigenvalue weighted by Crippen LogP contribution is 2.26. The number of carbonyl (C=O) groups is 2. The first-order chi connectivity index (χ1) is 16.7. The molecule has 0 spiro atoms. The molecule has 0 saturated heterocycles. The van der Waals surface area contributed by atoms with E-state index in [-0.39, 0.29) is 11.7 Å². The van der Waals surface area contributed by atoms with Gasteiger partial charge in [0.05, 0.1) is 11.6 Å². The molecule has 1 amide bonds. The third kappa shape index (κ3) is 8.63. The fourth-order valence-corrected chi connectivity index (χ4v) is 3.15. The van der Waals surface area contributed by atoms with Crippen LogP contribution in [0.1, 0.15) is 29.5 Å². The third-order valence-electron chi connectivity index (χ3n) is 5.04. The van der Waals surface area contributed by atoms with Crippen LogP contribution in [0.25, 0.3) is 11.1 Å². The van der Waals surface area contributed by atoms with E-state index in [1.54, 1.807) is 31.3 Å². The molecule has 3 aromatic carbocycles. The molecule has 0 heterocycles. The number of carbonyl (C=O) groups excluding carboxylic acids is 2. The van der Waals surface area contributed by atoms with E-state index in [0.717, 1.165) is 12.8 Å². The Morgan fingerprint density at radius 1 is 0.971 bits per heavy atom. The molecular weight excluding hydrogens is 457 g/mol. The maximum atomic E-state index is 12.1. The normalized spacial score (nSPS) is 10.4. The number of rotatable bonds is 6. The lowest BCUT2D eigenvalue weighted by Crippen LogP contribution is -2.27. The number of benzene rings is 3. The molecule has 0 saturated carbocycles. The molecule has 0 aromatic heterocycles. The molecule has 0 bridgehead atoms. The van der Waals surface area contributed by atoms with Crippen molar-refractivity contribution in [1.82, 2.24) is 5.32 Å². The van der Waals surface area contributed by atoms with Crippen molar-refractivity contribution in [3.8, 4) is 22.9 Å². The van der Waals surface area contributed by atoms with E-state index in [2.05, 4.69) is 29.1 Å². The van der Waals surface area contributed by atoms with Gasteiger partial charge in [-0.3, -0.25) is 4.79 Å². The van der Waals surface area contributed by atoms with Gasteiger partial charge in [0.2, 0.25) is 5.91 Å². The van der Waals surface area contributed by atoms with E-state index in [4.69, 9.17) is 5.26 Å². The molecule has 8 heteroatoms. The van der Waals surface area contributed by atoms with Crippen molar-refractivity contribution in [2.45, 2.75) is 32.4 Å². The Bertz CT molecular complexity index is 1180. The fraction of sp³-hybridized carbons (Fsp3) is 0.222. The molecule has 0 aliphatic rings.